The molecule has 1 aliphatic heterocycles. The van der Waals surface area contributed by atoms with Crippen molar-refractivity contribution in [1.29, 1.82) is 0 Å². The van der Waals surface area contributed by atoms with E-state index in [4.69, 9.17) is 0 Å². The lowest BCUT2D eigenvalue weighted by Crippen LogP contribution is -2.33. The van der Waals surface area contributed by atoms with E-state index in [2.05, 4.69) is 5.32 Å². The number of sulfonamides is 1. The summed E-state index contributed by atoms with van der Waals surface area (Å²) in [5, 5.41) is 2.71. The predicted molar refractivity (Wildman–Crippen MR) is 104 cm³/mol. The highest BCUT2D eigenvalue weighted by Gasteiger charge is 2.28. The zero-order valence-corrected chi connectivity index (χ0v) is 17.3. The van der Waals surface area contributed by atoms with Crippen molar-refractivity contribution in [3.05, 3.63) is 29.3 Å². The molecule has 2 rings (SSSR count). The maximum Gasteiger partial charge on any atom is 0.251 e. The number of hydrogen-bond donors (Lipinski definition) is 1. The van der Waals surface area contributed by atoms with E-state index in [0.717, 1.165) is 0 Å². The third-order valence-corrected chi connectivity index (χ3v) is 6.96. The lowest BCUT2D eigenvalue weighted by atomic mass is 10.1. The van der Waals surface area contributed by atoms with Crippen LogP contribution in [-0.2, 0) is 19.6 Å². The van der Waals surface area contributed by atoms with E-state index in [1.165, 1.54) is 15.3 Å². The molecular formula is C19H27N3O5S. The largest absolute Gasteiger partial charge is 0.352 e. The van der Waals surface area contributed by atoms with Crippen LogP contribution in [0.15, 0.2) is 23.1 Å². The third kappa shape index (κ3) is 4.77. The molecule has 1 saturated heterocycles. The highest BCUT2D eigenvalue weighted by Crippen LogP contribution is 2.21. The van der Waals surface area contributed by atoms with Gasteiger partial charge in [-0.25, -0.2) is 8.42 Å². The molecule has 0 bridgehead atoms. The van der Waals surface area contributed by atoms with Crippen LogP contribution in [0.3, 0.4) is 0 Å². The van der Waals surface area contributed by atoms with Crippen molar-refractivity contribution in [2.75, 3.05) is 26.2 Å². The summed E-state index contributed by atoms with van der Waals surface area (Å²) in [7, 11) is -3.66. The summed E-state index contributed by atoms with van der Waals surface area (Å²) in [4.78, 5) is 36.9. The Kier molecular flexibility index (Phi) is 7.31. The van der Waals surface area contributed by atoms with Gasteiger partial charge in [0.05, 0.1) is 4.90 Å². The number of amides is 3. The van der Waals surface area contributed by atoms with Gasteiger partial charge in [0.1, 0.15) is 0 Å². The van der Waals surface area contributed by atoms with E-state index in [-0.39, 0.29) is 48.2 Å². The maximum absolute atomic E-state index is 12.8. The molecule has 9 heteroatoms. The predicted octanol–water partition coefficient (Wildman–Crippen LogP) is 1.29. The molecule has 1 aromatic carbocycles. The average Bonchev–Trinajstić information content (AvgIpc) is 2.97. The second-order valence-electron chi connectivity index (χ2n) is 6.62. The number of carbonyl (C=O) groups is 3. The topological polar surface area (TPSA) is 104 Å². The van der Waals surface area contributed by atoms with Crippen LogP contribution >= 0.6 is 0 Å². The summed E-state index contributed by atoms with van der Waals surface area (Å²) in [6.45, 7) is 6.48. The van der Waals surface area contributed by atoms with Crippen LogP contribution in [0.1, 0.15) is 49.0 Å². The monoisotopic (exact) mass is 409 g/mol. The Labute approximate surface area is 165 Å². The van der Waals surface area contributed by atoms with Gasteiger partial charge in [0, 0.05) is 44.6 Å². The van der Waals surface area contributed by atoms with E-state index in [9.17, 15) is 22.8 Å². The molecule has 0 unspecified atom stereocenters. The normalized spacial score (nSPS) is 14.8. The van der Waals surface area contributed by atoms with E-state index in [0.29, 0.717) is 25.1 Å². The molecule has 8 nitrogen and oxygen atoms in total. The molecule has 154 valence electrons. The van der Waals surface area contributed by atoms with Crippen LogP contribution in [0.2, 0.25) is 0 Å². The van der Waals surface area contributed by atoms with Gasteiger partial charge in [0.2, 0.25) is 21.8 Å². The molecule has 0 spiro atoms. The number of likely N-dealkylation sites (tertiary alicyclic amines) is 1. The Hall–Kier alpha value is -2.26. The summed E-state index contributed by atoms with van der Waals surface area (Å²) < 4.78 is 26.9. The van der Waals surface area contributed by atoms with Crippen LogP contribution in [0.4, 0.5) is 0 Å². The lowest BCUT2D eigenvalue weighted by Gasteiger charge is -2.20. The van der Waals surface area contributed by atoms with Gasteiger partial charge in [-0.2, -0.15) is 4.31 Å². The molecule has 1 heterocycles. The summed E-state index contributed by atoms with van der Waals surface area (Å²) in [5.41, 5.74) is 0.833. The van der Waals surface area contributed by atoms with Gasteiger partial charge in [0.25, 0.3) is 5.91 Å². The molecule has 0 atom stereocenters. The van der Waals surface area contributed by atoms with Crippen molar-refractivity contribution in [2.24, 2.45) is 0 Å². The van der Waals surface area contributed by atoms with Gasteiger partial charge in [-0.05, 0) is 31.0 Å². The first kappa shape index (κ1) is 22.0. The Morgan fingerprint density at radius 1 is 1.14 bits per heavy atom. The molecule has 1 N–H and O–H groups in total. The Morgan fingerprint density at radius 2 is 1.75 bits per heavy atom. The minimum absolute atomic E-state index is 0.122. The summed E-state index contributed by atoms with van der Waals surface area (Å²) in [6.07, 6.45) is 0.941. The molecule has 0 aliphatic carbocycles. The number of carbonyl (C=O) groups excluding carboxylic acids is 3. The molecule has 0 radical (unpaired) electrons. The van der Waals surface area contributed by atoms with Gasteiger partial charge in [-0.15, -0.1) is 0 Å². The minimum atomic E-state index is -3.66. The summed E-state index contributed by atoms with van der Waals surface area (Å²) in [5.74, 6) is -0.753. The second-order valence-corrected chi connectivity index (χ2v) is 8.52. The van der Waals surface area contributed by atoms with Gasteiger partial charge in [0.15, 0.2) is 0 Å². The van der Waals surface area contributed by atoms with Crippen molar-refractivity contribution in [3.63, 3.8) is 0 Å². The van der Waals surface area contributed by atoms with Gasteiger partial charge >= 0.3 is 0 Å². The fourth-order valence-electron chi connectivity index (χ4n) is 3.14. The fraction of sp³-hybridized carbons (Fsp3) is 0.526. The molecule has 0 aromatic heterocycles. The first-order chi connectivity index (χ1) is 13.2. The highest BCUT2D eigenvalue weighted by molar-refractivity contribution is 7.89. The molecule has 1 aliphatic rings. The fourth-order valence-corrected chi connectivity index (χ4v) is 4.84. The minimum Gasteiger partial charge on any atom is -0.352 e. The first-order valence-corrected chi connectivity index (χ1v) is 10.9. The smallest absolute Gasteiger partial charge is 0.251 e. The van der Waals surface area contributed by atoms with Gasteiger partial charge in [-0.3, -0.25) is 19.3 Å². The maximum atomic E-state index is 12.8. The molecule has 1 fully saturated rings. The Bertz CT molecular complexity index is 846. The number of benzene rings is 1. The van der Waals surface area contributed by atoms with E-state index < -0.39 is 15.9 Å². The van der Waals surface area contributed by atoms with E-state index in [1.54, 1.807) is 32.9 Å². The van der Waals surface area contributed by atoms with Crippen LogP contribution in [0.5, 0.6) is 0 Å². The number of hydrogen-bond acceptors (Lipinski definition) is 5. The SMILES string of the molecule is CCN(CC)S(=O)(=O)c1cc(C(=O)NCCCN2C(=O)CCC2=O)ccc1C. The molecular weight excluding hydrogens is 382 g/mol. The standard InChI is InChI=1S/C19H27N3O5S/c1-4-21(5-2)28(26,27)16-13-15(8-7-14(16)3)19(25)20-11-6-12-22-17(23)9-10-18(22)24/h7-8,13H,4-6,9-12H2,1-3H3,(H,20,25). The van der Waals surface area contributed by atoms with E-state index >= 15 is 0 Å². The molecule has 28 heavy (non-hydrogen) atoms. The summed E-state index contributed by atoms with van der Waals surface area (Å²) >= 11 is 0. The number of imide groups is 1. The van der Waals surface area contributed by atoms with Crippen LogP contribution in [0, 0.1) is 6.92 Å². The van der Waals surface area contributed by atoms with Crippen LogP contribution in [-0.4, -0.2) is 61.5 Å². The highest BCUT2D eigenvalue weighted by atomic mass is 32.2. The molecule has 3 amide bonds. The van der Waals surface area contributed by atoms with Crippen molar-refractivity contribution >= 4 is 27.7 Å². The Morgan fingerprint density at radius 3 is 2.32 bits per heavy atom. The quantitative estimate of drug-likeness (QED) is 0.489. The number of rotatable bonds is 9. The zero-order valence-electron chi connectivity index (χ0n) is 16.5. The average molecular weight is 410 g/mol. The molecule has 0 saturated carbocycles. The zero-order chi connectivity index (χ0) is 20.9. The van der Waals surface area contributed by atoms with Crippen molar-refractivity contribution in [2.45, 2.75) is 44.9 Å². The van der Waals surface area contributed by atoms with Crippen molar-refractivity contribution in [3.8, 4) is 0 Å². The van der Waals surface area contributed by atoms with Gasteiger partial charge in [-0.1, -0.05) is 19.9 Å². The third-order valence-electron chi connectivity index (χ3n) is 4.77. The molecule has 1 aromatic rings. The number of nitrogens with zero attached hydrogens (tertiary/aromatic N) is 2. The van der Waals surface area contributed by atoms with Crippen molar-refractivity contribution in [1.82, 2.24) is 14.5 Å². The van der Waals surface area contributed by atoms with Crippen LogP contribution < -0.4 is 5.32 Å². The number of nitrogens with one attached hydrogen (secondary N) is 1. The number of aryl methyl sites for hydroxylation is 1. The van der Waals surface area contributed by atoms with Gasteiger partial charge < -0.3 is 5.32 Å². The summed E-state index contributed by atoms with van der Waals surface area (Å²) in [6, 6.07) is 4.60. The second kappa shape index (κ2) is 9.29. The van der Waals surface area contributed by atoms with E-state index in [1.807, 2.05) is 0 Å². The first-order valence-electron chi connectivity index (χ1n) is 9.44. The van der Waals surface area contributed by atoms with Crippen LogP contribution in [0.25, 0.3) is 0 Å². The lowest BCUT2D eigenvalue weighted by molar-refractivity contribution is -0.138. The van der Waals surface area contributed by atoms with Crippen molar-refractivity contribution < 1.29 is 22.8 Å². The Balaban J connectivity index is 2.02.